The first-order valence-electron chi connectivity index (χ1n) is 14.2. The third-order valence-corrected chi connectivity index (χ3v) is 8.18. The molecule has 204 valence electrons. The van der Waals surface area contributed by atoms with Crippen molar-refractivity contribution in [2.75, 3.05) is 31.1 Å². The second kappa shape index (κ2) is 10.6. The van der Waals surface area contributed by atoms with E-state index in [2.05, 4.69) is 77.2 Å². The van der Waals surface area contributed by atoms with Gasteiger partial charge in [0.1, 0.15) is 11.6 Å². The Labute approximate surface area is 230 Å². The minimum Gasteiger partial charge on any atom is -0.355 e. The van der Waals surface area contributed by atoms with Gasteiger partial charge in [0.05, 0.1) is 18.1 Å². The van der Waals surface area contributed by atoms with Crippen LogP contribution in [0.2, 0.25) is 0 Å². The van der Waals surface area contributed by atoms with Crippen LogP contribution < -0.4 is 10.2 Å². The highest BCUT2D eigenvalue weighted by Crippen LogP contribution is 2.28. The van der Waals surface area contributed by atoms with E-state index >= 15 is 0 Å². The molecule has 2 aliphatic rings. The van der Waals surface area contributed by atoms with Crippen molar-refractivity contribution in [3.63, 3.8) is 0 Å². The van der Waals surface area contributed by atoms with E-state index in [1.54, 1.807) is 0 Å². The van der Waals surface area contributed by atoms with Crippen LogP contribution in [0.25, 0.3) is 17.0 Å². The molecule has 2 aliphatic heterocycles. The minimum absolute atomic E-state index is 0.534. The lowest BCUT2D eigenvalue weighted by atomic mass is 9.96. The summed E-state index contributed by atoms with van der Waals surface area (Å²) in [7, 11) is 0. The number of fused-ring (bicyclic) bond motifs is 1. The first-order chi connectivity index (χ1) is 18.8. The lowest BCUT2D eigenvalue weighted by molar-refractivity contribution is 0.166. The maximum absolute atomic E-state index is 4.80. The normalized spacial score (nSPS) is 22.2. The first kappa shape index (κ1) is 25.8. The molecule has 2 fully saturated rings. The summed E-state index contributed by atoms with van der Waals surface area (Å²) in [5.41, 5.74) is 6.84. The van der Waals surface area contributed by atoms with Crippen molar-refractivity contribution < 1.29 is 0 Å². The van der Waals surface area contributed by atoms with Crippen LogP contribution in [0.15, 0.2) is 36.7 Å². The van der Waals surface area contributed by atoms with E-state index in [1.165, 1.54) is 11.1 Å². The standard InChI is InChI=1S/C30H39N9/c1-19-15-37(16-20(2)33-19)17-24-6-8-26(9-7-24)28-13-32-29(14-31-28)38-11-10-25(18-38)12-27-21(3)34-30-35-23(5)36-39(30)22(27)4/h6-9,13-14,19-20,25,33H,10-12,15-18H2,1-5H3/t19-,20+,25?. The summed E-state index contributed by atoms with van der Waals surface area (Å²) in [5, 5.41) is 8.14. The van der Waals surface area contributed by atoms with Gasteiger partial charge in [-0.3, -0.25) is 9.88 Å². The van der Waals surface area contributed by atoms with Gasteiger partial charge in [0.2, 0.25) is 0 Å². The zero-order chi connectivity index (χ0) is 27.1. The predicted octanol–water partition coefficient (Wildman–Crippen LogP) is 3.76. The maximum Gasteiger partial charge on any atom is 0.252 e. The molecule has 0 spiro atoms. The molecule has 39 heavy (non-hydrogen) atoms. The fourth-order valence-electron chi connectivity index (χ4n) is 6.34. The Morgan fingerprint density at radius 3 is 2.41 bits per heavy atom. The zero-order valence-corrected chi connectivity index (χ0v) is 23.7. The number of hydrogen-bond donors (Lipinski definition) is 1. The van der Waals surface area contributed by atoms with E-state index in [-0.39, 0.29) is 0 Å². The van der Waals surface area contributed by atoms with Gasteiger partial charge in [-0.05, 0) is 64.5 Å². The average molecular weight is 526 g/mol. The number of anilines is 1. The number of nitrogens with zero attached hydrogens (tertiary/aromatic N) is 8. The topological polar surface area (TPSA) is 87.4 Å². The highest BCUT2D eigenvalue weighted by molar-refractivity contribution is 5.59. The van der Waals surface area contributed by atoms with Gasteiger partial charge in [-0.1, -0.05) is 24.3 Å². The summed E-state index contributed by atoms with van der Waals surface area (Å²) in [5.74, 6) is 2.94. The van der Waals surface area contributed by atoms with Gasteiger partial charge < -0.3 is 10.2 Å². The Hall–Kier alpha value is -3.43. The first-order valence-corrected chi connectivity index (χ1v) is 14.2. The lowest BCUT2D eigenvalue weighted by Gasteiger charge is -2.36. The number of hydrogen-bond acceptors (Lipinski definition) is 8. The van der Waals surface area contributed by atoms with E-state index < -0.39 is 0 Å². The van der Waals surface area contributed by atoms with Crippen molar-refractivity contribution in [1.29, 1.82) is 0 Å². The van der Waals surface area contributed by atoms with Crippen molar-refractivity contribution in [1.82, 2.24) is 39.8 Å². The quantitative estimate of drug-likeness (QED) is 0.407. The monoisotopic (exact) mass is 525 g/mol. The molecule has 3 atom stereocenters. The Morgan fingerprint density at radius 2 is 1.69 bits per heavy atom. The number of aromatic nitrogens is 6. The molecule has 4 aromatic rings. The third kappa shape index (κ3) is 5.51. The second-order valence-corrected chi connectivity index (χ2v) is 11.6. The molecule has 0 saturated carbocycles. The van der Waals surface area contributed by atoms with Crippen LogP contribution >= 0.6 is 0 Å². The molecule has 9 nitrogen and oxygen atoms in total. The van der Waals surface area contributed by atoms with Crippen LogP contribution in [-0.4, -0.2) is 72.7 Å². The molecule has 1 N–H and O–H groups in total. The predicted molar refractivity (Wildman–Crippen MR) is 154 cm³/mol. The molecular formula is C30H39N9. The molecule has 5 heterocycles. The number of nitrogens with one attached hydrogen (secondary N) is 1. The number of aryl methyl sites for hydroxylation is 3. The molecule has 1 aromatic carbocycles. The molecule has 3 aromatic heterocycles. The molecule has 1 unspecified atom stereocenters. The van der Waals surface area contributed by atoms with Gasteiger partial charge in [-0.2, -0.15) is 10.1 Å². The van der Waals surface area contributed by atoms with Crippen molar-refractivity contribution in [2.45, 2.75) is 66.1 Å². The van der Waals surface area contributed by atoms with Gasteiger partial charge in [0.25, 0.3) is 5.78 Å². The van der Waals surface area contributed by atoms with Crippen LogP contribution in [0.5, 0.6) is 0 Å². The minimum atomic E-state index is 0.534. The summed E-state index contributed by atoms with van der Waals surface area (Å²) in [4.78, 5) is 23.6. The van der Waals surface area contributed by atoms with Gasteiger partial charge in [-0.15, -0.1) is 0 Å². The Morgan fingerprint density at radius 1 is 0.923 bits per heavy atom. The molecule has 0 amide bonds. The number of piperazine rings is 1. The van der Waals surface area contributed by atoms with Crippen LogP contribution in [0.4, 0.5) is 5.82 Å². The van der Waals surface area contributed by atoms with Crippen LogP contribution in [-0.2, 0) is 13.0 Å². The van der Waals surface area contributed by atoms with E-state index in [1.807, 2.05) is 23.8 Å². The van der Waals surface area contributed by atoms with Crippen LogP contribution in [0.3, 0.4) is 0 Å². The van der Waals surface area contributed by atoms with Crippen LogP contribution in [0, 0.1) is 26.7 Å². The Bertz CT molecular complexity index is 1430. The van der Waals surface area contributed by atoms with Gasteiger partial charge in [0.15, 0.2) is 0 Å². The fourth-order valence-corrected chi connectivity index (χ4v) is 6.34. The molecule has 6 rings (SSSR count). The molecule has 2 saturated heterocycles. The lowest BCUT2D eigenvalue weighted by Crippen LogP contribution is -2.53. The zero-order valence-electron chi connectivity index (χ0n) is 23.7. The van der Waals surface area contributed by atoms with Crippen molar-refractivity contribution >= 4 is 11.6 Å². The van der Waals surface area contributed by atoms with E-state index in [9.17, 15) is 0 Å². The van der Waals surface area contributed by atoms with E-state index in [4.69, 9.17) is 15.0 Å². The third-order valence-electron chi connectivity index (χ3n) is 8.18. The van der Waals surface area contributed by atoms with Gasteiger partial charge in [0, 0.05) is 61.8 Å². The summed E-state index contributed by atoms with van der Waals surface area (Å²) < 4.78 is 1.88. The smallest absolute Gasteiger partial charge is 0.252 e. The van der Waals surface area contributed by atoms with Crippen molar-refractivity contribution in [2.24, 2.45) is 5.92 Å². The molecule has 0 radical (unpaired) electrons. The molecule has 9 heteroatoms. The SMILES string of the molecule is Cc1nc2nc(C)c(CC3CCN(c4cnc(-c5ccc(CN6C[C@@H](C)N[C@@H](C)C6)cc5)cn4)C3)c(C)n2n1. The highest BCUT2D eigenvalue weighted by atomic mass is 15.3. The highest BCUT2D eigenvalue weighted by Gasteiger charge is 2.26. The summed E-state index contributed by atoms with van der Waals surface area (Å²) in [6.45, 7) is 15.8. The Balaban J connectivity index is 1.08. The Kier molecular flexibility index (Phi) is 7.03. The average Bonchev–Trinajstić information content (AvgIpc) is 3.53. The molecule has 0 aliphatic carbocycles. The van der Waals surface area contributed by atoms with E-state index in [0.29, 0.717) is 23.8 Å². The largest absolute Gasteiger partial charge is 0.355 e. The summed E-state index contributed by atoms with van der Waals surface area (Å²) >= 11 is 0. The van der Waals surface area contributed by atoms with Gasteiger partial charge in [-0.25, -0.2) is 14.5 Å². The fraction of sp³-hybridized carbons (Fsp3) is 0.500. The van der Waals surface area contributed by atoms with Crippen molar-refractivity contribution in [3.8, 4) is 11.3 Å². The number of benzene rings is 1. The summed E-state index contributed by atoms with van der Waals surface area (Å²) in [6.07, 6.45) is 5.95. The maximum atomic E-state index is 4.80. The van der Waals surface area contributed by atoms with Crippen LogP contribution in [0.1, 0.15) is 48.6 Å². The van der Waals surface area contributed by atoms with Crippen molar-refractivity contribution in [3.05, 3.63) is 65.0 Å². The van der Waals surface area contributed by atoms with Gasteiger partial charge >= 0.3 is 0 Å². The number of rotatable bonds is 6. The molecule has 0 bridgehead atoms. The molecular weight excluding hydrogens is 486 g/mol. The second-order valence-electron chi connectivity index (χ2n) is 11.6. The summed E-state index contributed by atoms with van der Waals surface area (Å²) in [6, 6.07) is 9.87. The van der Waals surface area contributed by atoms with E-state index in [0.717, 1.165) is 79.9 Å².